The maximum Gasteiger partial charge on any atom is 0.328 e. The van der Waals surface area contributed by atoms with E-state index in [1.165, 1.54) is 17.7 Å². The largest absolute Gasteiger partial charge is 0.467 e. The molecule has 0 bridgehead atoms. The number of nitrogen functional groups attached to an aromatic ring is 1. The Hall–Kier alpha value is -2.18. The molecular weight excluding hydrogens is 280 g/mol. The van der Waals surface area contributed by atoms with Crippen LogP contribution < -0.4 is 5.73 Å². The first kappa shape index (κ1) is 15.2. The van der Waals surface area contributed by atoms with Gasteiger partial charge in [0.05, 0.1) is 12.6 Å². The average molecular weight is 297 g/mol. The third kappa shape index (κ3) is 2.68. The van der Waals surface area contributed by atoms with Gasteiger partial charge in [0.1, 0.15) is 11.6 Å². The molecule has 0 fully saturated rings. The van der Waals surface area contributed by atoms with E-state index in [0.717, 1.165) is 6.07 Å². The molecule has 0 radical (unpaired) electrons. The molecule has 0 spiro atoms. The number of fused-ring (bicyclic) bond motifs is 1. The fraction of sp³-hybridized carbons (Fsp3) is 0.429. The number of carbonyl (C=O) groups is 1. The summed E-state index contributed by atoms with van der Waals surface area (Å²) in [5.74, 6) is -2.59. The normalized spacial score (nSPS) is 12.9. The van der Waals surface area contributed by atoms with Crippen molar-refractivity contribution in [2.45, 2.75) is 26.3 Å². The van der Waals surface area contributed by atoms with Gasteiger partial charge in [0.2, 0.25) is 5.95 Å². The molecule has 0 aliphatic rings. The van der Waals surface area contributed by atoms with E-state index in [0.29, 0.717) is 6.42 Å². The summed E-state index contributed by atoms with van der Waals surface area (Å²) in [6.45, 7) is 3.81. The Bertz CT molecular complexity index is 682. The molecule has 21 heavy (non-hydrogen) atoms. The standard InChI is InChI=1S/C14H17F2N3O2/c1-7(2)6-10(13(20)21-3)19-12-9(18-14(19)17)5-4-8(15)11(12)16/h4-5,7,10H,6H2,1-3H3,(H2,17,18). The molecule has 0 amide bonds. The average Bonchev–Trinajstić information content (AvgIpc) is 2.76. The number of ether oxygens (including phenoxy) is 1. The Morgan fingerprint density at radius 2 is 2.10 bits per heavy atom. The van der Waals surface area contributed by atoms with Gasteiger partial charge in [-0.3, -0.25) is 4.57 Å². The van der Waals surface area contributed by atoms with Crippen LogP contribution in [0.3, 0.4) is 0 Å². The third-order valence-corrected chi connectivity index (χ3v) is 3.25. The lowest BCUT2D eigenvalue weighted by atomic mass is 10.0. The van der Waals surface area contributed by atoms with Crippen molar-refractivity contribution in [3.63, 3.8) is 0 Å². The fourth-order valence-electron chi connectivity index (χ4n) is 2.35. The van der Waals surface area contributed by atoms with Crippen LogP contribution in [0, 0.1) is 17.6 Å². The van der Waals surface area contributed by atoms with Crippen molar-refractivity contribution < 1.29 is 18.3 Å². The van der Waals surface area contributed by atoms with Gasteiger partial charge in [0, 0.05) is 0 Å². The summed E-state index contributed by atoms with van der Waals surface area (Å²) in [5, 5.41) is 0. The number of hydrogen-bond acceptors (Lipinski definition) is 4. The molecule has 0 aliphatic heterocycles. The number of aromatic nitrogens is 2. The quantitative estimate of drug-likeness (QED) is 0.881. The van der Waals surface area contributed by atoms with Crippen molar-refractivity contribution in [1.29, 1.82) is 0 Å². The van der Waals surface area contributed by atoms with Crippen molar-refractivity contribution in [3.8, 4) is 0 Å². The van der Waals surface area contributed by atoms with Crippen molar-refractivity contribution in [3.05, 3.63) is 23.8 Å². The van der Waals surface area contributed by atoms with Gasteiger partial charge < -0.3 is 10.5 Å². The lowest BCUT2D eigenvalue weighted by molar-refractivity contribution is -0.145. The Morgan fingerprint density at radius 3 is 2.67 bits per heavy atom. The Kier molecular flexibility index (Phi) is 4.11. The van der Waals surface area contributed by atoms with Gasteiger partial charge in [0.25, 0.3) is 0 Å². The minimum atomic E-state index is -1.07. The van der Waals surface area contributed by atoms with Gasteiger partial charge in [-0.2, -0.15) is 0 Å². The number of esters is 1. The maximum absolute atomic E-state index is 14.1. The molecule has 1 unspecified atom stereocenters. The predicted octanol–water partition coefficient (Wildman–Crippen LogP) is 2.66. The maximum atomic E-state index is 14.1. The van der Waals surface area contributed by atoms with Crippen molar-refractivity contribution in [1.82, 2.24) is 9.55 Å². The van der Waals surface area contributed by atoms with Crippen molar-refractivity contribution in [2.75, 3.05) is 12.8 Å². The van der Waals surface area contributed by atoms with Gasteiger partial charge >= 0.3 is 5.97 Å². The van der Waals surface area contributed by atoms with Gasteiger partial charge in [0.15, 0.2) is 11.6 Å². The lowest BCUT2D eigenvalue weighted by Crippen LogP contribution is -2.24. The highest BCUT2D eigenvalue weighted by Crippen LogP contribution is 2.30. The van der Waals surface area contributed by atoms with Crippen molar-refractivity contribution >= 4 is 23.0 Å². The summed E-state index contributed by atoms with van der Waals surface area (Å²) in [6, 6.07) is 1.45. The number of halogens is 2. The predicted molar refractivity (Wildman–Crippen MR) is 74.6 cm³/mol. The molecule has 2 aromatic rings. The summed E-state index contributed by atoms with van der Waals surface area (Å²) in [4.78, 5) is 16.0. The minimum Gasteiger partial charge on any atom is -0.467 e. The van der Waals surface area contributed by atoms with E-state index in [9.17, 15) is 13.6 Å². The highest BCUT2D eigenvalue weighted by molar-refractivity contribution is 5.83. The number of benzene rings is 1. The second-order valence-corrected chi connectivity index (χ2v) is 5.24. The van der Waals surface area contributed by atoms with Gasteiger partial charge in [-0.15, -0.1) is 0 Å². The van der Waals surface area contributed by atoms with Gasteiger partial charge in [-0.05, 0) is 24.5 Å². The summed E-state index contributed by atoms with van der Waals surface area (Å²) >= 11 is 0. The number of imidazole rings is 1. The van der Waals surface area contributed by atoms with Gasteiger partial charge in [-0.25, -0.2) is 18.6 Å². The van der Waals surface area contributed by atoms with E-state index < -0.39 is 23.6 Å². The molecule has 114 valence electrons. The molecule has 1 aromatic heterocycles. The minimum absolute atomic E-state index is 0.0504. The number of anilines is 1. The summed E-state index contributed by atoms with van der Waals surface area (Å²) in [5.41, 5.74) is 5.87. The number of hydrogen-bond donors (Lipinski definition) is 1. The Morgan fingerprint density at radius 1 is 1.43 bits per heavy atom. The molecule has 0 saturated heterocycles. The lowest BCUT2D eigenvalue weighted by Gasteiger charge is -2.20. The molecule has 7 heteroatoms. The smallest absolute Gasteiger partial charge is 0.328 e. The molecule has 2 rings (SSSR count). The number of rotatable bonds is 4. The molecule has 5 nitrogen and oxygen atoms in total. The first-order chi connectivity index (χ1) is 9.86. The first-order valence-corrected chi connectivity index (χ1v) is 6.56. The van der Waals surface area contributed by atoms with Crippen LogP contribution in [0.15, 0.2) is 12.1 Å². The van der Waals surface area contributed by atoms with E-state index in [1.807, 2.05) is 13.8 Å². The molecule has 1 aromatic carbocycles. The third-order valence-electron chi connectivity index (χ3n) is 3.25. The molecule has 2 N–H and O–H groups in total. The highest BCUT2D eigenvalue weighted by atomic mass is 19.2. The van der Waals surface area contributed by atoms with Crippen LogP contribution in [0.2, 0.25) is 0 Å². The van der Waals surface area contributed by atoms with Crippen LogP contribution >= 0.6 is 0 Å². The van der Waals surface area contributed by atoms with Crippen LogP contribution in [0.1, 0.15) is 26.3 Å². The van der Waals surface area contributed by atoms with Crippen LogP contribution in [-0.2, 0) is 9.53 Å². The SMILES string of the molecule is COC(=O)C(CC(C)C)n1c(N)nc2ccc(F)c(F)c21. The number of methoxy groups -OCH3 is 1. The van der Waals surface area contributed by atoms with E-state index in [4.69, 9.17) is 10.5 Å². The fourth-order valence-corrected chi connectivity index (χ4v) is 2.35. The van der Waals surface area contributed by atoms with Crippen molar-refractivity contribution in [2.24, 2.45) is 5.92 Å². The topological polar surface area (TPSA) is 70.1 Å². The zero-order chi connectivity index (χ0) is 15.7. The summed E-state index contributed by atoms with van der Waals surface area (Å²) in [6.07, 6.45) is 0.373. The second kappa shape index (κ2) is 5.67. The Balaban J connectivity index is 2.69. The molecule has 0 aliphatic carbocycles. The van der Waals surface area contributed by atoms with Crippen LogP contribution in [-0.4, -0.2) is 22.6 Å². The summed E-state index contributed by atoms with van der Waals surface area (Å²) < 4.78 is 33.5. The molecule has 1 heterocycles. The van der Waals surface area contributed by atoms with Gasteiger partial charge in [-0.1, -0.05) is 13.8 Å². The molecule has 1 atom stereocenters. The molecule has 0 saturated carbocycles. The van der Waals surface area contributed by atoms with Crippen LogP contribution in [0.5, 0.6) is 0 Å². The zero-order valence-electron chi connectivity index (χ0n) is 12.1. The zero-order valence-corrected chi connectivity index (χ0v) is 12.1. The number of nitrogens with two attached hydrogens (primary N) is 1. The summed E-state index contributed by atoms with van der Waals surface area (Å²) in [7, 11) is 1.24. The van der Waals surface area contributed by atoms with E-state index >= 15 is 0 Å². The highest BCUT2D eigenvalue weighted by Gasteiger charge is 2.28. The van der Waals surface area contributed by atoms with E-state index in [2.05, 4.69) is 4.98 Å². The van der Waals surface area contributed by atoms with E-state index in [-0.39, 0.29) is 22.9 Å². The van der Waals surface area contributed by atoms with E-state index in [1.54, 1.807) is 0 Å². The monoisotopic (exact) mass is 297 g/mol. The number of nitrogens with zero attached hydrogens (tertiary/aromatic N) is 2. The number of carbonyl (C=O) groups excluding carboxylic acids is 1. The van der Waals surface area contributed by atoms with Crippen LogP contribution in [0.25, 0.3) is 11.0 Å². The second-order valence-electron chi connectivity index (χ2n) is 5.24. The van der Waals surface area contributed by atoms with Crippen LogP contribution in [0.4, 0.5) is 14.7 Å². The molecular formula is C14H17F2N3O2. The Labute approximate surface area is 120 Å². The first-order valence-electron chi connectivity index (χ1n) is 6.56.